The van der Waals surface area contributed by atoms with Crippen molar-refractivity contribution in [3.63, 3.8) is 0 Å². The van der Waals surface area contributed by atoms with Gasteiger partial charge in [0.05, 0.1) is 12.2 Å². The standard InChI is InChI=1S/C14H13FN2O/c1-10-5-2-3-6-11(10)14(18)17-9-13-12(15)7-4-8-16-13/h2-8H,9H2,1H3,(H,17,18). The Morgan fingerprint density at radius 2 is 2.06 bits per heavy atom. The van der Waals surface area contributed by atoms with Crippen molar-refractivity contribution < 1.29 is 9.18 Å². The van der Waals surface area contributed by atoms with Crippen LogP contribution >= 0.6 is 0 Å². The van der Waals surface area contributed by atoms with Gasteiger partial charge >= 0.3 is 0 Å². The van der Waals surface area contributed by atoms with Gasteiger partial charge in [-0.05, 0) is 30.7 Å². The summed E-state index contributed by atoms with van der Waals surface area (Å²) in [5.41, 5.74) is 1.71. The van der Waals surface area contributed by atoms with Crippen molar-refractivity contribution in [3.05, 3.63) is 65.2 Å². The lowest BCUT2D eigenvalue weighted by molar-refractivity contribution is 0.0949. The molecule has 92 valence electrons. The van der Waals surface area contributed by atoms with Crippen LogP contribution in [0, 0.1) is 12.7 Å². The monoisotopic (exact) mass is 244 g/mol. The molecule has 1 aromatic heterocycles. The molecular weight excluding hydrogens is 231 g/mol. The van der Waals surface area contributed by atoms with Gasteiger partial charge in [-0.25, -0.2) is 4.39 Å². The third-order valence-electron chi connectivity index (χ3n) is 2.64. The fourth-order valence-electron chi connectivity index (χ4n) is 1.64. The van der Waals surface area contributed by atoms with E-state index in [0.29, 0.717) is 5.56 Å². The van der Waals surface area contributed by atoms with Crippen molar-refractivity contribution >= 4 is 5.91 Å². The molecule has 1 heterocycles. The number of pyridine rings is 1. The molecule has 3 nitrogen and oxygen atoms in total. The summed E-state index contributed by atoms with van der Waals surface area (Å²) in [6, 6.07) is 10.1. The van der Waals surface area contributed by atoms with Crippen LogP contribution in [0.2, 0.25) is 0 Å². The quantitative estimate of drug-likeness (QED) is 0.901. The minimum atomic E-state index is -0.414. The molecule has 0 spiro atoms. The molecule has 1 amide bonds. The minimum Gasteiger partial charge on any atom is -0.346 e. The number of aromatic nitrogens is 1. The number of aryl methyl sites for hydroxylation is 1. The molecule has 0 fully saturated rings. The molecule has 1 N–H and O–H groups in total. The summed E-state index contributed by atoms with van der Waals surface area (Å²) in [5.74, 6) is -0.638. The van der Waals surface area contributed by atoms with Gasteiger partial charge in [0.1, 0.15) is 5.82 Å². The van der Waals surface area contributed by atoms with Crippen molar-refractivity contribution in [2.45, 2.75) is 13.5 Å². The third kappa shape index (κ3) is 2.71. The van der Waals surface area contributed by atoms with E-state index in [9.17, 15) is 9.18 Å². The zero-order valence-corrected chi connectivity index (χ0v) is 9.98. The van der Waals surface area contributed by atoms with Gasteiger partial charge in [-0.3, -0.25) is 9.78 Å². The summed E-state index contributed by atoms with van der Waals surface area (Å²) in [6.45, 7) is 1.94. The van der Waals surface area contributed by atoms with Crippen LogP contribution < -0.4 is 5.32 Å². The van der Waals surface area contributed by atoms with Crippen LogP contribution in [0.15, 0.2) is 42.6 Å². The molecule has 1 aromatic carbocycles. The highest BCUT2D eigenvalue weighted by Crippen LogP contribution is 2.07. The number of carbonyl (C=O) groups is 1. The lowest BCUT2D eigenvalue weighted by Crippen LogP contribution is -2.24. The molecule has 0 bridgehead atoms. The Bertz CT molecular complexity index is 569. The number of carbonyl (C=O) groups excluding carboxylic acids is 1. The number of benzene rings is 1. The Morgan fingerprint density at radius 1 is 1.28 bits per heavy atom. The highest BCUT2D eigenvalue weighted by molar-refractivity contribution is 5.95. The molecule has 4 heteroatoms. The average Bonchev–Trinajstić information content (AvgIpc) is 2.38. The van der Waals surface area contributed by atoms with Crippen LogP contribution in [0.5, 0.6) is 0 Å². The summed E-state index contributed by atoms with van der Waals surface area (Å²) in [7, 11) is 0. The van der Waals surface area contributed by atoms with E-state index in [0.717, 1.165) is 5.56 Å². The van der Waals surface area contributed by atoms with E-state index in [4.69, 9.17) is 0 Å². The van der Waals surface area contributed by atoms with E-state index in [1.54, 1.807) is 12.1 Å². The smallest absolute Gasteiger partial charge is 0.251 e. The van der Waals surface area contributed by atoms with Gasteiger partial charge in [0.25, 0.3) is 5.91 Å². The van der Waals surface area contributed by atoms with E-state index in [1.165, 1.54) is 18.3 Å². The number of halogens is 1. The first-order valence-electron chi connectivity index (χ1n) is 5.61. The van der Waals surface area contributed by atoms with Crippen molar-refractivity contribution in [2.75, 3.05) is 0 Å². The van der Waals surface area contributed by atoms with Crippen LogP contribution in [0.25, 0.3) is 0 Å². The fourth-order valence-corrected chi connectivity index (χ4v) is 1.64. The predicted molar refractivity (Wildman–Crippen MR) is 66.5 cm³/mol. The van der Waals surface area contributed by atoms with Crippen LogP contribution in [-0.4, -0.2) is 10.9 Å². The van der Waals surface area contributed by atoms with Crippen LogP contribution in [0.4, 0.5) is 4.39 Å². The third-order valence-corrected chi connectivity index (χ3v) is 2.64. The molecule has 2 rings (SSSR count). The number of amides is 1. The van der Waals surface area contributed by atoms with E-state index in [1.807, 2.05) is 19.1 Å². The molecule has 2 aromatic rings. The summed E-state index contributed by atoms with van der Waals surface area (Å²) in [6.07, 6.45) is 1.50. The normalized spacial score (nSPS) is 10.1. The molecule has 0 unspecified atom stereocenters. The Hall–Kier alpha value is -2.23. The van der Waals surface area contributed by atoms with Gasteiger partial charge in [0.2, 0.25) is 0 Å². The lowest BCUT2D eigenvalue weighted by atomic mass is 10.1. The molecule has 0 saturated carbocycles. The fraction of sp³-hybridized carbons (Fsp3) is 0.143. The Kier molecular flexibility index (Phi) is 3.67. The van der Waals surface area contributed by atoms with Crippen molar-refractivity contribution in [1.29, 1.82) is 0 Å². The van der Waals surface area contributed by atoms with Crippen LogP contribution in [-0.2, 0) is 6.54 Å². The van der Waals surface area contributed by atoms with E-state index < -0.39 is 5.82 Å². The Balaban J connectivity index is 2.06. The highest BCUT2D eigenvalue weighted by Gasteiger charge is 2.09. The zero-order valence-electron chi connectivity index (χ0n) is 9.98. The summed E-state index contributed by atoms with van der Waals surface area (Å²) < 4.78 is 13.3. The second-order valence-electron chi connectivity index (χ2n) is 3.93. The van der Waals surface area contributed by atoms with Crippen molar-refractivity contribution in [1.82, 2.24) is 10.3 Å². The second-order valence-corrected chi connectivity index (χ2v) is 3.93. The SMILES string of the molecule is Cc1ccccc1C(=O)NCc1ncccc1F. The zero-order chi connectivity index (χ0) is 13.0. The molecule has 0 atom stereocenters. The average molecular weight is 244 g/mol. The van der Waals surface area contributed by atoms with Crippen molar-refractivity contribution in [3.8, 4) is 0 Å². The van der Waals surface area contributed by atoms with Crippen molar-refractivity contribution in [2.24, 2.45) is 0 Å². The number of rotatable bonds is 3. The van der Waals surface area contributed by atoms with Gasteiger partial charge in [-0.15, -0.1) is 0 Å². The minimum absolute atomic E-state index is 0.0832. The summed E-state index contributed by atoms with van der Waals surface area (Å²) in [4.78, 5) is 15.8. The summed E-state index contributed by atoms with van der Waals surface area (Å²) >= 11 is 0. The lowest BCUT2D eigenvalue weighted by Gasteiger charge is -2.07. The molecule has 0 aliphatic heterocycles. The van der Waals surface area contributed by atoms with Gasteiger partial charge in [-0.1, -0.05) is 18.2 Å². The second kappa shape index (κ2) is 5.40. The molecule has 18 heavy (non-hydrogen) atoms. The Labute approximate surface area is 105 Å². The summed E-state index contributed by atoms with van der Waals surface area (Å²) in [5, 5.41) is 2.66. The van der Waals surface area contributed by atoms with E-state index in [-0.39, 0.29) is 18.1 Å². The van der Waals surface area contributed by atoms with E-state index in [2.05, 4.69) is 10.3 Å². The van der Waals surface area contributed by atoms with Gasteiger partial charge in [0, 0.05) is 11.8 Å². The van der Waals surface area contributed by atoms with Crippen LogP contribution in [0.1, 0.15) is 21.6 Å². The largest absolute Gasteiger partial charge is 0.346 e. The van der Waals surface area contributed by atoms with Gasteiger partial charge < -0.3 is 5.32 Å². The molecule has 0 aliphatic rings. The van der Waals surface area contributed by atoms with E-state index >= 15 is 0 Å². The molecule has 0 aliphatic carbocycles. The molecule has 0 radical (unpaired) electrons. The maximum absolute atomic E-state index is 13.3. The first-order chi connectivity index (χ1) is 8.68. The predicted octanol–water partition coefficient (Wildman–Crippen LogP) is 2.46. The van der Waals surface area contributed by atoms with Crippen LogP contribution in [0.3, 0.4) is 0 Å². The van der Waals surface area contributed by atoms with Gasteiger partial charge in [-0.2, -0.15) is 0 Å². The maximum atomic E-state index is 13.3. The highest BCUT2D eigenvalue weighted by atomic mass is 19.1. The molecule has 0 saturated heterocycles. The first kappa shape index (κ1) is 12.2. The molecular formula is C14H13FN2O. The first-order valence-corrected chi connectivity index (χ1v) is 5.61. The Morgan fingerprint density at radius 3 is 2.78 bits per heavy atom. The number of hydrogen-bond acceptors (Lipinski definition) is 2. The number of nitrogens with zero attached hydrogens (tertiary/aromatic N) is 1. The topological polar surface area (TPSA) is 42.0 Å². The number of nitrogens with one attached hydrogen (secondary N) is 1. The maximum Gasteiger partial charge on any atom is 0.251 e. The van der Waals surface area contributed by atoms with Gasteiger partial charge in [0.15, 0.2) is 0 Å². The number of hydrogen-bond donors (Lipinski definition) is 1.